The molecule has 0 unspecified atom stereocenters. The maximum Gasteiger partial charge on any atom is 0.356 e. The number of halogens is 1. The molecule has 1 heterocycles. The summed E-state index contributed by atoms with van der Waals surface area (Å²) in [6, 6.07) is 3.01. The Bertz CT molecular complexity index is 341. The van der Waals surface area contributed by atoms with Crippen molar-refractivity contribution in [1.82, 2.24) is 4.98 Å². The van der Waals surface area contributed by atoms with Gasteiger partial charge in [-0.25, -0.2) is 9.78 Å². The Labute approximate surface area is 86.5 Å². The molecule has 0 saturated carbocycles. The molecule has 0 amide bonds. The normalized spacial score (nSPS) is 9.86. The highest BCUT2D eigenvalue weighted by molar-refractivity contribution is 6.33. The molecule has 0 bridgehead atoms. The molecule has 76 valence electrons. The molecule has 0 aliphatic heterocycles. The number of nitrogens with zero attached hydrogens (tertiary/aromatic N) is 1. The van der Waals surface area contributed by atoms with Crippen molar-refractivity contribution in [3.8, 4) is 5.88 Å². The Morgan fingerprint density at radius 2 is 2.36 bits per heavy atom. The summed E-state index contributed by atoms with van der Waals surface area (Å²) < 4.78 is 5.17. The largest absolute Gasteiger partial charge is 0.478 e. The molecular formula is C9H10ClNO3. The molecule has 0 fully saturated rings. The lowest BCUT2D eigenvalue weighted by molar-refractivity contribution is 0.0689. The van der Waals surface area contributed by atoms with Gasteiger partial charge in [-0.05, 0) is 12.5 Å². The molecule has 1 rings (SSSR count). The molecule has 0 radical (unpaired) electrons. The molecule has 0 spiro atoms. The molecule has 1 aromatic rings. The molecule has 5 heteroatoms. The highest BCUT2D eigenvalue weighted by atomic mass is 35.5. The summed E-state index contributed by atoms with van der Waals surface area (Å²) in [7, 11) is 0. The zero-order valence-corrected chi connectivity index (χ0v) is 8.41. The van der Waals surface area contributed by atoms with Gasteiger partial charge in [0.05, 0.1) is 11.6 Å². The number of carbonyl (C=O) groups is 1. The van der Waals surface area contributed by atoms with E-state index < -0.39 is 5.97 Å². The van der Waals surface area contributed by atoms with Gasteiger partial charge in [0.1, 0.15) is 0 Å². The van der Waals surface area contributed by atoms with Crippen molar-refractivity contribution in [3.05, 3.63) is 22.8 Å². The van der Waals surface area contributed by atoms with E-state index in [0.29, 0.717) is 6.61 Å². The molecule has 14 heavy (non-hydrogen) atoms. The van der Waals surface area contributed by atoms with Crippen molar-refractivity contribution >= 4 is 17.6 Å². The van der Waals surface area contributed by atoms with Crippen LogP contribution in [0.3, 0.4) is 0 Å². The molecule has 1 N–H and O–H groups in total. The van der Waals surface area contributed by atoms with E-state index in [2.05, 4.69) is 4.98 Å². The number of hydrogen-bond acceptors (Lipinski definition) is 3. The van der Waals surface area contributed by atoms with Gasteiger partial charge in [-0.1, -0.05) is 18.5 Å². The van der Waals surface area contributed by atoms with Crippen LogP contribution in [0.4, 0.5) is 0 Å². The van der Waals surface area contributed by atoms with Crippen molar-refractivity contribution in [2.45, 2.75) is 13.3 Å². The van der Waals surface area contributed by atoms with Crippen LogP contribution in [0.25, 0.3) is 0 Å². The number of rotatable bonds is 4. The van der Waals surface area contributed by atoms with Gasteiger partial charge < -0.3 is 9.84 Å². The summed E-state index contributed by atoms with van der Waals surface area (Å²) in [6.07, 6.45) is 0.840. The first-order valence-electron chi connectivity index (χ1n) is 4.17. The van der Waals surface area contributed by atoms with Crippen LogP contribution in [-0.4, -0.2) is 22.7 Å². The second-order valence-corrected chi connectivity index (χ2v) is 3.04. The van der Waals surface area contributed by atoms with Crippen LogP contribution in [0.5, 0.6) is 5.88 Å². The summed E-state index contributed by atoms with van der Waals surface area (Å²) in [5, 5.41) is 8.83. The molecule has 4 nitrogen and oxygen atoms in total. The lowest BCUT2D eigenvalue weighted by atomic mass is 10.3. The Morgan fingerprint density at radius 1 is 1.64 bits per heavy atom. The van der Waals surface area contributed by atoms with E-state index in [0.717, 1.165) is 6.42 Å². The van der Waals surface area contributed by atoms with Crippen LogP contribution in [-0.2, 0) is 0 Å². The number of carboxylic acid groups (broad SMARTS) is 1. The standard InChI is InChI=1S/C9H10ClNO3/c1-2-5-14-7-4-3-6(10)8(11-7)9(12)13/h3-4H,2,5H2,1H3,(H,12,13). The molecule has 1 aromatic heterocycles. The quantitative estimate of drug-likeness (QED) is 0.837. The zero-order valence-electron chi connectivity index (χ0n) is 7.66. The van der Waals surface area contributed by atoms with Crippen molar-refractivity contribution in [2.24, 2.45) is 0 Å². The number of hydrogen-bond donors (Lipinski definition) is 1. The van der Waals surface area contributed by atoms with Crippen LogP contribution in [0.15, 0.2) is 12.1 Å². The SMILES string of the molecule is CCCOc1ccc(Cl)c(C(=O)O)n1. The van der Waals surface area contributed by atoms with E-state index in [1.165, 1.54) is 6.07 Å². The third kappa shape index (κ3) is 2.60. The topological polar surface area (TPSA) is 59.4 Å². The Balaban J connectivity index is 2.89. The number of carboxylic acids is 1. The highest BCUT2D eigenvalue weighted by Gasteiger charge is 2.11. The maximum atomic E-state index is 10.6. The number of pyridine rings is 1. The molecule has 0 aromatic carbocycles. The first-order chi connectivity index (χ1) is 6.65. The summed E-state index contributed by atoms with van der Waals surface area (Å²) >= 11 is 5.63. The fourth-order valence-corrected chi connectivity index (χ4v) is 1.05. The van der Waals surface area contributed by atoms with Gasteiger partial charge >= 0.3 is 5.97 Å². The summed E-state index contributed by atoms with van der Waals surface area (Å²) in [6.45, 7) is 2.46. The third-order valence-electron chi connectivity index (χ3n) is 1.48. The van der Waals surface area contributed by atoms with Crippen LogP contribution in [0.1, 0.15) is 23.8 Å². The second kappa shape index (κ2) is 4.81. The smallest absolute Gasteiger partial charge is 0.356 e. The Morgan fingerprint density at radius 3 is 2.93 bits per heavy atom. The van der Waals surface area contributed by atoms with E-state index in [9.17, 15) is 4.79 Å². The van der Waals surface area contributed by atoms with Crippen molar-refractivity contribution in [1.29, 1.82) is 0 Å². The lowest BCUT2D eigenvalue weighted by Crippen LogP contribution is -2.04. The van der Waals surface area contributed by atoms with Crippen molar-refractivity contribution < 1.29 is 14.6 Å². The first-order valence-corrected chi connectivity index (χ1v) is 4.55. The van der Waals surface area contributed by atoms with E-state index in [4.69, 9.17) is 21.4 Å². The minimum absolute atomic E-state index is 0.112. The second-order valence-electron chi connectivity index (χ2n) is 2.63. The van der Waals surface area contributed by atoms with Crippen LogP contribution < -0.4 is 4.74 Å². The van der Waals surface area contributed by atoms with Crippen LogP contribution in [0.2, 0.25) is 5.02 Å². The monoisotopic (exact) mass is 215 g/mol. The summed E-state index contributed by atoms with van der Waals surface area (Å²) in [5.74, 6) is -0.870. The van der Waals surface area contributed by atoms with Crippen molar-refractivity contribution in [2.75, 3.05) is 6.61 Å². The molecule has 0 atom stereocenters. The fourth-order valence-electron chi connectivity index (χ4n) is 0.861. The zero-order chi connectivity index (χ0) is 10.6. The summed E-state index contributed by atoms with van der Waals surface area (Å²) in [5.41, 5.74) is -0.180. The fraction of sp³-hybridized carbons (Fsp3) is 0.333. The van der Waals surface area contributed by atoms with E-state index in [1.54, 1.807) is 6.07 Å². The minimum Gasteiger partial charge on any atom is -0.478 e. The first kappa shape index (κ1) is 10.8. The van der Waals surface area contributed by atoms with E-state index in [-0.39, 0.29) is 16.6 Å². The van der Waals surface area contributed by atoms with Gasteiger partial charge in [-0.3, -0.25) is 0 Å². The van der Waals surface area contributed by atoms with Gasteiger partial charge in [0, 0.05) is 6.07 Å². The lowest BCUT2D eigenvalue weighted by Gasteiger charge is -2.04. The van der Waals surface area contributed by atoms with Crippen molar-refractivity contribution in [3.63, 3.8) is 0 Å². The van der Waals surface area contributed by atoms with E-state index >= 15 is 0 Å². The number of aromatic carboxylic acids is 1. The average Bonchev–Trinajstić information content (AvgIpc) is 2.16. The molecule has 0 aliphatic carbocycles. The minimum atomic E-state index is -1.16. The average molecular weight is 216 g/mol. The van der Waals surface area contributed by atoms with Gasteiger partial charge in [-0.15, -0.1) is 0 Å². The van der Waals surface area contributed by atoms with Gasteiger partial charge in [-0.2, -0.15) is 0 Å². The Hall–Kier alpha value is -1.29. The predicted molar refractivity (Wildman–Crippen MR) is 52.0 cm³/mol. The Kier molecular flexibility index (Phi) is 3.71. The maximum absolute atomic E-state index is 10.6. The van der Waals surface area contributed by atoms with E-state index in [1.807, 2.05) is 6.92 Å². The van der Waals surface area contributed by atoms with Crippen LogP contribution in [0, 0.1) is 0 Å². The highest BCUT2D eigenvalue weighted by Crippen LogP contribution is 2.17. The predicted octanol–water partition coefficient (Wildman–Crippen LogP) is 2.22. The van der Waals surface area contributed by atoms with Gasteiger partial charge in [0.25, 0.3) is 0 Å². The van der Waals surface area contributed by atoms with Crippen LogP contribution >= 0.6 is 11.6 Å². The molecule has 0 aliphatic rings. The van der Waals surface area contributed by atoms with Gasteiger partial charge in [0.2, 0.25) is 5.88 Å². The molecule has 0 saturated heterocycles. The number of ether oxygens (including phenoxy) is 1. The summed E-state index contributed by atoms with van der Waals surface area (Å²) in [4.78, 5) is 14.4. The molecular weight excluding hydrogens is 206 g/mol. The number of aromatic nitrogens is 1. The third-order valence-corrected chi connectivity index (χ3v) is 1.78. The van der Waals surface area contributed by atoms with Gasteiger partial charge in [0.15, 0.2) is 5.69 Å².